The summed E-state index contributed by atoms with van der Waals surface area (Å²) < 4.78 is 5.52. The maximum atomic E-state index is 12.2. The van der Waals surface area contributed by atoms with Crippen molar-refractivity contribution in [2.24, 2.45) is 0 Å². The summed E-state index contributed by atoms with van der Waals surface area (Å²) >= 11 is 1.41. The molecule has 0 saturated heterocycles. The van der Waals surface area contributed by atoms with Gasteiger partial charge >= 0.3 is 0 Å². The predicted molar refractivity (Wildman–Crippen MR) is 87.2 cm³/mol. The quantitative estimate of drug-likeness (QED) is 0.781. The van der Waals surface area contributed by atoms with Gasteiger partial charge in [-0.1, -0.05) is 31.3 Å². The molecule has 0 aliphatic rings. The molecule has 0 saturated carbocycles. The maximum absolute atomic E-state index is 12.2. The van der Waals surface area contributed by atoms with Gasteiger partial charge in [-0.25, -0.2) is 0 Å². The molecule has 0 aliphatic heterocycles. The highest BCUT2D eigenvalue weighted by Crippen LogP contribution is 2.24. The Morgan fingerprint density at radius 1 is 1.27 bits per heavy atom. The van der Waals surface area contributed by atoms with Crippen LogP contribution in [0.3, 0.4) is 0 Å². The van der Waals surface area contributed by atoms with E-state index in [0.29, 0.717) is 5.13 Å². The van der Waals surface area contributed by atoms with Crippen LogP contribution in [0.4, 0.5) is 5.13 Å². The van der Waals surface area contributed by atoms with Gasteiger partial charge in [0.25, 0.3) is 0 Å². The van der Waals surface area contributed by atoms with E-state index in [-0.39, 0.29) is 12.3 Å². The number of nitrogens with zero attached hydrogens (tertiary/aromatic N) is 2. The lowest BCUT2D eigenvalue weighted by atomic mass is 10.1. The Balaban J connectivity index is 1.76. The van der Waals surface area contributed by atoms with Gasteiger partial charge in [-0.2, -0.15) is 0 Å². The Morgan fingerprint density at radius 2 is 2.14 bits per heavy atom. The zero-order valence-corrected chi connectivity index (χ0v) is 13.4. The van der Waals surface area contributed by atoms with Crippen molar-refractivity contribution in [1.29, 1.82) is 0 Å². The van der Waals surface area contributed by atoms with E-state index < -0.39 is 0 Å². The molecule has 0 radical (unpaired) electrons. The fraction of sp³-hybridized carbons (Fsp3) is 0.312. The van der Waals surface area contributed by atoms with Gasteiger partial charge < -0.3 is 9.73 Å². The van der Waals surface area contributed by atoms with Gasteiger partial charge in [-0.15, -0.1) is 10.2 Å². The number of anilines is 1. The van der Waals surface area contributed by atoms with E-state index in [1.807, 2.05) is 19.1 Å². The van der Waals surface area contributed by atoms with E-state index in [1.165, 1.54) is 16.9 Å². The first-order chi connectivity index (χ1) is 10.7. The molecule has 2 heterocycles. The van der Waals surface area contributed by atoms with Crippen molar-refractivity contribution >= 4 is 33.3 Å². The van der Waals surface area contributed by atoms with Crippen molar-refractivity contribution in [1.82, 2.24) is 10.2 Å². The van der Waals surface area contributed by atoms with Gasteiger partial charge in [0.2, 0.25) is 11.0 Å². The van der Waals surface area contributed by atoms with Gasteiger partial charge in [-0.05, 0) is 30.5 Å². The number of carbonyl (C=O) groups excluding carboxylic acids is 1. The van der Waals surface area contributed by atoms with Crippen LogP contribution in [0.15, 0.2) is 28.9 Å². The molecule has 2 aromatic heterocycles. The minimum Gasteiger partial charge on any atom is -0.464 e. The zero-order valence-electron chi connectivity index (χ0n) is 12.5. The summed E-state index contributed by atoms with van der Waals surface area (Å²) in [6, 6.07) is 6.08. The number of hydrogen-bond donors (Lipinski definition) is 1. The first kappa shape index (κ1) is 14.7. The predicted octanol–water partition coefficient (Wildman–Crippen LogP) is 3.59. The third-order valence-corrected chi connectivity index (χ3v) is 4.48. The summed E-state index contributed by atoms with van der Waals surface area (Å²) in [5.74, 6) is -0.108. The minimum atomic E-state index is -0.108. The topological polar surface area (TPSA) is 68.0 Å². The van der Waals surface area contributed by atoms with Crippen LogP contribution in [0.2, 0.25) is 0 Å². The number of amides is 1. The van der Waals surface area contributed by atoms with E-state index in [0.717, 1.165) is 34.4 Å². The number of aromatic nitrogens is 2. The molecule has 1 amide bonds. The van der Waals surface area contributed by atoms with Crippen LogP contribution < -0.4 is 5.32 Å². The lowest BCUT2D eigenvalue weighted by Crippen LogP contribution is -2.14. The summed E-state index contributed by atoms with van der Waals surface area (Å²) in [6.45, 7) is 4.11. The maximum Gasteiger partial charge on any atom is 0.230 e. The average Bonchev–Trinajstić information content (AvgIpc) is 3.14. The van der Waals surface area contributed by atoms with Crippen molar-refractivity contribution in [3.63, 3.8) is 0 Å². The molecule has 0 spiro atoms. The zero-order chi connectivity index (χ0) is 15.5. The fourth-order valence-electron chi connectivity index (χ4n) is 2.27. The number of benzene rings is 1. The lowest BCUT2D eigenvalue weighted by Gasteiger charge is -2.01. The lowest BCUT2D eigenvalue weighted by molar-refractivity contribution is -0.115. The Labute approximate surface area is 132 Å². The third kappa shape index (κ3) is 3.01. The standard InChI is InChI=1S/C16H17N3O2S/c1-3-10-5-6-13-12(7-10)11(9-21-13)8-14(20)17-16-19-18-15(4-2)22-16/h5-7,9H,3-4,8H2,1-2H3,(H,17,19,20). The molecule has 0 fully saturated rings. The molecular weight excluding hydrogens is 298 g/mol. The van der Waals surface area contributed by atoms with Crippen molar-refractivity contribution < 1.29 is 9.21 Å². The van der Waals surface area contributed by atoms with Crippen LogP contribution in [0.1, 0.15) is 30.0 Å². The average molecular weight is 315 g/mol. The van der Waals surface area contributed by atoms with Crippen molar-refractivity contribution in [3.8, 4) is 0 Å². The molecule has 114 valence electrons. The first-order valence-corrected chi connectivity index (χ1v) is 8.12. The first-order valence-electron chi connectivity index (χ1n) is 7.30. The highest BCUT2D eigenvalue weighted by atomic mass is 32.1. The largest absolute Gasteiger partial charge is 0.464 e. The second kappa shape index (κ2) is 6.27. The van der Waals surface area contributed by atoms with Crippen molar-refractivity contribution in [3.05, 3.63) is 40.6 Å². The molecule has 6 heteroatoms. The van der Waals surface area contributed by atoms with Gasteiger partial charge in [-0.3, -0.25) is 4.79 Å². The van der Waals surface area contributed by atoms with Crippen LogP contribution in [0.5, 0.6) is 0 Å². The van der Waals surface area contributed by atoms with Gasteiger partial charge in [0.1, 0.15) is 10.6 Å². The smallest absolute Gasteiger partial charge is 0.230 e. The highest BCUT2D eigenvalue weighted by Gasteiger charge is 2.13. The molecule has 0 bridgehead atoms. The van der Waals surface area contributed by atoms with Crippen LogP contribution in [0, 0.1) is 0 Å². The summed E-state index contributed by atoms with van der Waals surface area (Å²) in [6.07, 6.45) is 3.69. The molecule has 1 aromatic carbocycles. The number of furan rings is 1. The Kier molecular flexibility index (Phi) is 4.20. The van der Waals surface area contributed by atoms with Crippen molar-refractivity contribution in [2.45, 2.75) is 33.1 Å². The van der Waals surface area contributed by atoms with Gasteiger partial charge in [0.15, 0.2) is 0 Å². The second-order valence-electron chi connectivity index (χ2n) is 5.02. The van der Waals surface area contributed by atoms with Gasteiger partial charge in [0.05, 0.1) is 12.7 Å². The summed E-state index contributed by atoms with van der Waals surface area (Å²) in [5.41, 5.74) is 2.93. The number of nitrogens with one attached hydrogen (secondary N) is 1. The summed E-state index contributed by atoms with van der Waals surface area (Å²) in [4.78, 5) is 12.2. The number of carbonyl (C=O) groups is 1. The summed E-state index contributed by atoms with van der Waals surface area (Å²) in [5, 5.41) is 13.2. The van der Waals surface area contributed by atoms with Crippen LogP contribution >= 0.6 is 11.3 Å². The molecule has 0 unspecified atom stereocenters. The molecular formula is C16H17N3O2S. The number of aryl methyl sites for hydroxylation is 2. The van der Waals surface area contributed by atoms with Crippen LogP contribution in [0.25, 0.3) is 11.0 Å². The Morgan fingerprint density at radius 3 is 2.86 bits per heavy atom. The Hall–Kier alpha value is -2.21. The van der Waals surface area contributed by atoms with E-state index in [4.69, 9.17) is 4.42 Å². The fourth-order valence-corrected chi connectivity index (χ4v) is 2.96. The highest BCUT2D eigenvalue weighted by molar-refractivity contribution is 7.15. The molecule has 22 heavy (non-hydrogen) atoms. The van der Waals surface area contributed by atoms with E-state index in [9.17, 15) is 4.79 Å². The molecule has 3 aromatic rings. The van der Waals surface area contributed by atoms with E-state index in [1.54, 1.807) is 6.26 Å². The second-order valence-corrected chi connectivity index (χ2v) is 6.09. The SMILES string of the molecule is CCc1ccc2occ(CC(=O)Nc3nnc(CC)s3)c2c1. The third-order valence-electron chi connectivity index (χ3n) is 3.49. The molecule has 0 aliphatic carbocycles. The minimum absolute atomic E-state index is 0.108. The van der Waals surface area contributed by atoms with E-state index in [2.05, 4.69) is 28.5 Å². The summed E-state index contributed by atoms with van der Waals surface area (Å²) in [7, 11) is 0. The molecule has 1 N–H and O–H groups in total. The van der Waals surface area contributed by atoms with Crippen molar-refractivity contribution in [2.75, 3.05) is 5.32 Å². The van der Waals surface area contributed by atoms with Crippen LogP contribution in [-0.2, 0) is 24.1 Å². The normalized spacial score (nSPS) is 11.0. The molecule has 0 atom stereocenters. The number of rotatable bonds is 5. The molecule has 5 nitrogen and oxygen atoms in total. The van der Waals surface area contributed by atoms with Crippen LogP contribution in [-0.4, -0.2) is 16.1 Å². The Bertz CT molecular complexity index is 807. The number of hydrogen-bond acceptors (Lipinski definition) is 5. The molecule has 3 rings (SSSR count). The number of fused-ring (bicyclic) bond motifs is 1. The monoisotopic (exact) mass is 315 g/mol. The van der Waals surface area contributed by atoms with E-state index >= 15 is 0 Å². The van der Waals surface area contributed by atoms with Gasteiger partial charge in [0, 0.05) is 10.9 Å².